The standard InChI is InChI=1S/C28H36NOP/c1-6-28(7-2,25-18-21(3)16-17-26(25)30)31-27-22(4)12-11-15-24(27)20-29(5)19-23-13-9-8-10-14-23/h8-18,30-31H,6-7,19-20H2,1-5H3. The van der Waals surface area contributed by atoms with Crippen LogP contribution in [-0.2, 0) is 18.2 Å². The Morgan fingerprint density at radius 1 is 0.871 bits per heavy atom. The van der Waals surface area contributed by atoms with Crippen LogP contribution in [0.1, 0.15) is 54.5 Å². The minimum atomic E-state index is -0.0467. The van der Waals surface area contributed by atoms with E-state index in [1.165, 1.54) is 27.6 Å². The molecule has 0 saturated heterocycles. The van der Waals surface area contributed by atoms with Gasteiger partial charge in [0.05, 0.1) is 0 Å². The maximum absolute atomic E-state index is 10.8. The van der Waals surface area contributed by atoms with Gasteiger partial charge in [0.15, 0.2) is 0 Å². The molecule has 0 aliphatic carbocycles. The van der Waals surface area contributed by atoms with Crippen molar-refractivity contribution in [3.63, 3.8) is 0 Å². The van der Waals surface area contributed by atoms with E-state index in [0.717, 1.165) is 31.5 Å². The van der Waals surface area contributed by atoms with E-state index >= 15 is 0 Å². The SMILES string of the molecule is CCC(CC)(Pc1c(C)cccc1CN(C)Cc1ccccc1)c1cc(C)ccc1O. The first-order valence-electron chi connectivity index (χ1n) is 11.3. The van der Waals surface area contributed by atoms with Crippen LogP contribution in [0.25, 0.3) is 0 Å². The van der Waals surface area contributed by atoms with Crippen molar-refractivity contribution in [2.75, 3.05) is 7.05 Å². The van der Waals surface area contributed by atoms with Crippen LogP contribution in [0.15, 0.2) is 66.7 Å². The van der Waals surface area contributed by atoms with Crippen LogP contribution >= 0.6 is 8.58 Å². The summed E-state index contributed by atoms with van der Waals surface area (Å²) < 4.78 is 0. The monoisotopic (exact) mass is 433 g/mol. The second-order valence-corrected chi connectivity index (χ2v) is 10.4. The summed E-state index contributed by atoms with van der Waals surface area (Å²) in [5.74, 6) is 0.429. The zero-order chi connectivity index (χ0) is 22.4. The van der Waals surface area contributed by atoms with Gasteiger partial charge < -0.3 is 5.11 Å². The molecular formula is C28H36NOP. The van der Waals surface area contributed by atoms with E-state index in [-0.39, 0.29) is 5.16 Å². The fourth-order valence-electron chi connectivity index (χ4n) is 4.43. The summed E-state index contributed by atoms with van der Waals surface area (Å²) in [6.45, 7) is 10.7. The number of nitrogens with zero attached hydrogens (tertiary/aromatic N) is 1. The highest BCUT2D eigenvalue weighted by atomic mass is 31.1. The van der Waals surface area contributed by atoms with Crippen molar-refractivity contribution in [3.8, 4) is 5.75 Å². The highest BCUT2D eigenvalue weighted by Gasteiger charge is 2.33. The van der Waals surface area contributed by atoms with Crippen LogP contribution in [0, 0.1) is 13.8 Å². The Balaban J connectivity index is 1.93. The molecule has 0 spiro atoms. The van der Waals surface area contributed by atoms with Gasteiger partial charge in [-0.05, 0) is 61.8 Å². The average molecular weight is 434 g/mol. The molecule has 3 heteroatoms. The van der Waals surface area contributed by atoms with Gasteiger partial charge in [-0.3, -0.25) is 4.90 Å². The molecule has 3 aromatic rings. The Bertz CT molecular complexity index is 995. The fraction of sp³-hybridized carbons (Fsp3) is 0.357. The summed E-state index contributed by atoms with van der Waals surface area (Å²) in [5.41, 5.74) is 6.39. The third-order valence-corrected chi connectivity index (χ3v) is 8.75. The van der Waals surface area contributed by atoms with Crippen LogP contribution in [0.3, 0.4) is 0 Å². The molecule has 0 fully saturated rings. The minimum absolute atomic E-state index is 0.0467. The first-order valence-corrected chi connectivity index (χ1v) is 12.3. The van der Waals surface area contributed by atoms with Gasteiger partial charge in [0, 0.05) is 23.8 Å². The fourth-order valence-corrected chi connectivity index (χ4v) is 6.20. The van der Waals surface area contributed by atoms with Crippen LogP contribution in [0.2, 0.25) is 0 Å². The first kappa shape index (κ1) is 23.5. The van der Waals surface area contributed by atoms with Crippen molar-refractivity contribution in [1.82, 2.24) is 4.90 Å². The van der Waals surface area contributed by atoms with Crippen LogP contribution in [0.4, 0.5) is 0 Å². The lowest BCUT2D eigenvalue weighted by Crippen LogP contribution is -2.27. The van der Waals surface area contributed by atoms with Crippen molar-refractivity contribution in [2.45, 2.75) is 58.8 Å². The average Bonchev–Trinajstić information content (AvgIpc) is 2.76. The highest BCUT2D eigenvalue weighted by molar-refractivity contribution is 7.48. The Morgan fingerprint density at radius 2 is 1.58 bits per heavy atom. The number of hydrogen-bond acceptors (Lipinski definition) is 2. The molecule has 2 nitrogen and oxygen atoms in total. The number of hydrogen-bond donors (Lipinski definition) is 1. The lowest BCUT2D eigenvalue weighted by Gasteiger charge is -2.35. The van der Waals surface area contributed by atoms with Crippen LogP contribution in [-0.4, -0.2) is 17.1 Å². The van der Waals surface area contributed by atoms with E-state index in [2.05, 4.69) is 94.2 Å². The van der Waals surface area contributed by atoms with E-state index in [9.17, 15) is 5.11 Å². The maximum atomic E-state index is 10.8. The van der Waals surface area contributed by atoms with Crippen LogP contribution in [0.5, 0.6) is 5.75 Å². The molecule has 3 rings (SSSR count). The van der Waals surface area contributed by atoms with E-state index in [4.69, 9.17) is 0 Å². The molecule has 164 valence electrons. The van der Waals surface area contributed by atoms with E-state index in [0.29, 0.717) is 14.3 Å². The molecule has 0 saturated carbocycles. The van der Waals surface area contributed by atoms with Crippen molar-refractivity contribution < 1.29 is 5.11 Å². The predicted molar refractivity (Wildman–Crippen MR) is 136 cm³/mol. The molecule has 0 aliphatic rings. The normalized spacial score (nSPS) is 12.2. The van der Waals surface area contributed by atoms with Gasteiger partial charge in [-0.25, -0.2) is 0 Å². The molecular weight excluding hydrogens is 397 g/mol. The number of phenols is 1. The van der Waals surface area contributed by atoms with Crippen molar-refractivity contribution >= 4 is 13.9 Å². The van der Waals surface area contributed by atoms with Crippen molar-refractivity contribution in [2.24, 2.45) is 0 Å². The number of phenolic OH excluding ortho intramolecular Hbond substituents is 1. The first-order chi connectivity index (χ1) is 14.9. The summed E-state index contributed by atoms with van der Waals surface area (Å²) in [4.78, 5) is 2.39. The molecule has 0 amide bonds. The second kappa shape index (κ2) is 10.4. The lowest BCUT2D eigenvalue weighted by atomic mass is 9.91. The molecule has 0 aromatic heterocycles. The number of rotatable bonds is 9. The van der Waals surface area contributed by atoms with E-state index in [1.807, 2.05) is 12.1 Å². The van der Waals surface area contributed by atoms with Gasteiger partial charge in [0.2, 0.25) is 0 Å². The van der Waals surface area contributed by atoms with Gasteiger partial charge in [-0.1, -0.05) is 88.7 Å². The molecule has 3 aromatic carbocycles. The Hall–Kier alpha value is -2.15. The number of benzene rings is 3. The molecule has 0 radical (unpaired) electrons. The van der Waals surface area contributed by atoms with Gasteiger partial charge in [-0.15, -0.1) is 0 Å². The summed E-state index contributed by atoms with van der Waals surface area (Å²) in [6, 6.07) is 23.4. The summed E-state index contributed by atoms with van der Waals surface area (Å²) >= 11 is 0. The molecule has 1 N–H and O–H groups in total. The van der Waals surface area contributed by atoms with E-state index in [1.54, 1.807) is 0 Å². The molecule has 31 heavy (non-hydrogen) atoms. The largest absolute Gasteiger partial charge is 0.508 e. The Morgan fingerprint density at radius 3 is 2.26 bits per heavy atom. The second-order valence-electron chi connectivity index (χ2n) is 8.70. The maximum Gasteiger partial charge on any atom is 0.119 e. The Labute approximate surface area is 190 Å². The van der Waals surface area contributed by atoms with Gasteiger partial charge >= 0.3 is 0 Å². The Kier molecular flexibility index (Phi) is 7.92. The molecule has 1 atom stereocenters. The molecule has 0 aliphatic heterocycles. The van der Waals surface area contributed by atoms with Crippen molar-refractivity contribution in [3.05, 3.63) is 94.5 Å². The van der Waals surface area contributed by atoms with Gasteiger partial charge in [-0.2, -0.15) is 0 Å². The molecule has 0 bridgehead atoms. The lowest BCUT2D eigenvalue weighted by molar-refractivity contribution is 0.320. The van der Waals surface area contributed by atoms with Crippen LogP contribution < -0.4 is 5.30 Å². The highest BCUT2D eigenvalue weighted by Crippen LogP contribution is 2.50. The minimum Gasteiger partial charge on any atom is -0.508 e. The zero-order valence-corrected chi connectivity index (χ0v) is 20.6. The number of aromatic hydroxyl groups is 1. The van der Waals surface area contributed by atoms with Crippen molar-refractivity contribution in [1.29, 1.82) is 0 Å². The quantitative estimate of drug-likeness (QED) is 0.381. The number of aryl methyl sites for hydroxylation is 2. The molecule has 1 unspecified atom stereocenters. The summed E-state index contributed by atoms with van der Waals surface area (Å²) in [6.07, 6.45) is 2.01. The third-order valence-electron chi connectivity index (χ3n) is 6.33. The van der Waals surface area contributed by atoms with E-state index < -0.39 is 0 Å². The predicted octanol–water partition coefficient (Wildman–Crippen LogP) is 6.66. The summed E-state index contributed by atoms with van der Waals surface area (Å²) in [5, 5.41) is 12.2. The topological polar surface area (TPSA) is 23.5 Å². The summed E-state index contributed by atoms with van der Waals surface area (Å²) in [7, 11) is 2.81. The third kappa shape index (κ3) is 5.56. The van der Waals surface area contributed by atoms with Gasteiger partial charge in [0.1, 0.15) is 5.75 Å². The van der Waals surface area contributed by atoms with Gasteiger partial charge in [0.25, 0.3) is 0 Å². The zero-order valence-electron chi connectivity index (χ0n) is 19.6. The molecule has 0 heterocycles. The smallest absolute Gasteiger partial charge is 0.119 e.